The highest BCUT2D eigenvalue weighted by Crippen LogP contribution is 2.26. The van der Waals surface area contributed by atoms with Crippen LogP contribution in [0.15, 0.2) is 4.99 Å². The fourth-order valence-electron chi connectivity index (χ4n) is 2.12. The Kier molecular flexibility index (Phi) is 2.66. The Labute approximate surface area is 86.4 Å². The van der Waals surface area contributed by atoms with Crippen molar-refractivity contribution in [1.82, 2.24) is 4.90 Å². The number of likely N-dealkylation sites (tertiary alicyclic amines) is 1. The van der Waals surface area contributed by atoms with Crippen LogP contribution in [-0.4, -0.2) is 29.5 Å². The molecule has 2 aliphatic rings. The molecular formula is C11H21N3. The molecule has 2 atom stereocenters. The molecule has 1 aliphatic heterocycles. The van der Waals surface area contributed by atoms with Gasteiger partial charge in [-0.2, -0.15) is 0 Å². The van der Waals surface area contributed by atoms with Crippen LogP contribution >= 0.6 is 0 Å². The van der Waals surface area contributed by atoms with E-state index in [0.29, 0.717) is 12.1 Å². The van der Waals surface area contributed by atoms with Gasteiger partial charge in [-0.3, -0.25) is 0 Å². The second-order valence-electron chi connectivity index (χ2n) is 4.77. The van der Waals surface area contributed by atoms with E-state index in [-0.39, 0.29) is 0 Å². The Morgan fingerprint density at radius 2 is 2.00 bits per heavy atom. The molecule has 0 amide bonds. The third-order valence-corrected chi connectivity index (χ3v) is 3.53. The number of guanidine groups is 1. The summed E-state index contributed by atoms with van der Waals surface area (Å²) in [4.78, 5) is 6.80. The Morgan fingerprint density at radius 1 is 1.29 bits per heavy atom. The summed E-state index contributed by atoms with van der Waals surface area (Å²) < 4.78 is 0. The highest BCUT2D eigenvalue weighted by atomic mass is 15.3. The number of hydrogen-bond donors (Lipinski definition) is 1. The maximum atomic E-state index is 6.02. The lowest BCUT2D eigenvalue weighted by molar-refractivity contribution is 0.189. The van der Waals surface area contributed by atoms with E-state index in [0.717, 1.165) is 18.4 Å². The molecule has 3 nitrogen and oxygen atoms in total. The monoisotopic (exact) mass is 195 g/mol. The summed E-state index contributed by atoms with van der Waals surface area (Å²) in [5.74, 6) is 1.53. The molecule has 80 valence electrons. The number of nitrogens with zero attached hydrogens (tertiary/aromatic N) is 2. The molecule has 2 unspecified atom stereocenters. The summed E-state index contributed by atoms with van der Waals surface area (Å²) >= 11 is 0. The Morgan fingerprint density at radius 3 is 2.64 bits per heavy atom. The second kappa shape index (κ2) is 3.79. The van der Waals surface area contributed by atoms with Crippen LogP contribution in [0, 0.1) is 5.92 Å². The quantitative estimate of drug-likeness (QED) is 0.510. The van der Waals surface area contributed by atoms with Gasteiger partial charge in [0.25, 0.3) is 0 Å². The minimum Gasteiger partial charge on any atom is -0.370 e. The van der Waals surface area contributed by atoms with Crippen LogP contribution in [0.2, 0.25) is 0 Å². The highest BCUT2D eigenvalue weighted by molar-refractivity contribution is 5.78. The summed E-state index contributed by atoms with van der Waals surface area (Å²) in [5, 5.41) is 0. The van der Waals surface area contributed by atoms with Gasteiger partial charge in [0.1, 0.15) is 0 Å². The molecule has 0 bridgehead atoms. The van der Waals surface area contributed by atoms with Crippen molar-refractivity contribution in [2.75, 3.05) is 6.54 Å². The number of hydrogen-bond acceptors (Lipinski definition) is 1. The molecule has 1 saturated carbocycles. The van der Waals surface area contributed by atoms with Gasteiger partial charge in [0.15, 0.2) is 5.96 Å². The van der Waals surface area contributed by atoms with Gasteiger partial charge in [-0.1, -0.05) is 6.92 Å². The van der Waals surface area contributed by atoms with E-state index in [4.69, 9.17) is 5.73 Å². The Bertz CT molecular complexity index is 233. The van der Waals surface area contributed by atoms with Gasteiger partial charge in [0, 0.05) is 12.6 Å². The maximum Gasteiger partial charge on any atom is 0.191 e. The molecule has 0 aromatic rings. The zero-order valence-electron chi connectivity index (χ0n) is 9.24. The van der Waals surface area contributed by atoms with Crippen molar-refractivity contribution < 1.29 is 0 Å². The van der Waals surface area contributed by atoms with Gasteiger partial charge < -0.3 is 10.6 Å². The highest BCUT2D eigenvalue weighted by Gasteiger charge is 2.28. The third-order valence-electron chi connectivity index (χ3n) is 3.53. The standard InChI is InChI=1S/C11H21N3/c1-8-4-3-7-14(9(8)2)11(12)13-10-5-6-10/h8-10H,3-7H2,1-2H3,(H2,12,13). The van der Waals surface area contributed by atoms with Gasteiger partial charge in [0.2, 0.25) is 0 Å². The number of piperidine rings is 1. The zero-order chi connectivity index (χ0) is 10.1. The predicted octanol–water partition coefficient (Wildman–Crippen LogP) is 1.58. The first-order valence-electron chi connectivity index (χ1n) is 5.78. The van der Waals surface area contributed by atoms with Crippen LogP contribution in [-0.2, 0) is 0 Å². The van der Waals surface area contributed by atoms with E-state index in [2.05, 4.69) is 23.7 Å². The average Bonchev–Trinajstić information content (AvgIpc) is 2.93. The number of aliphatic imine (C=N–C) groups is 1. The smallest absolute Gasteiger partial charge is 0.191 e. The van der Waals surface area contributed by atoms with Crippen molar-refractivity contribution >= 4 is 5.96 Å². The minimum absolute atomic E-state index is 0.541. The Balaban J connectivity index is 2.00. The lowest BCUT2D eigenvalue weighted by Gasteiger charge is -2.38. The summed E-state index contributed by atoms with van der Waals surface area (Å²) in [6.45, 7) is 5.66. The van der Waals surface area contributed by atoms with E-state index in [1.807, 2.05) is 0 Å². The largest absolute Gasteiger partial charge is 0.370 e. The summed E-state index contributed by atoms with van der Waals surface area (Å²) in [7, 11) is 0. The van der Waals surface area contributed by atoms with Crippen molar-refractivity contribution in [3.8, 4) is 0 Å². The van der Waals surface area contributed by atoms with E-state index >= 15 is 0 Å². The molecule has 0 radical (unpaired) electrons. The molecule has 0 aromatic carbocycles. The summed E-state index contributed by atoms with van der Waals surface area (Å²) in [5.41, 5.74) is 6.02. The second-order valence-corrected chi connectivity index (χ2v) is 4.77. The van der Waals surface area contributed by atoms with Gasteiger partial charge in [0.05, 0.1) is 6.04 Å². The van der Waals surface area contributed by atoms with Crippen LogP contribution in [0.25, 0.3) is 0 Å². The van der Waals surface area contributed by atoms with Crippen molar-refractivity contribution in [3.05, 3.63) is 0 Å². The average molecular weight is 195 g/mol. The molecule has 2 N–H and O–H groups in total. The zero-order valence-corrected chi connectivity index (χ0v) is 9.24. The first-order chi connectivity index (χ1) is 6.68. The normalized spacial score (nSPS) is 34.7. The van der Waals surface area contributed by atoms with E-state index in [1.165, 1.54) is 25.7 Å². The number of nitrogens with two attached hydrogens (primary N) is 1. The fraction of sp³-hybridized carbons (Fsp3) is 0.909. The first kappa shape index (κ1) is 9.81. The molecule has 1 heterocycles. The van der Waals surface area contributed by atoms with E-state index < -0.39 is 0 Å². The van der Waals surface area contributed by atoms with Crippen LogP contribution in [0.3, 0.4) is 0 Å². The van der Waals surface area contributed by atoms with Crippen molar-refractivity contribution in [1.29, 1.82) is 0 Å². The molecule has 3 heteroatoms. The molecule has 2 fully saturated rings. The topological polar surface area (TPSA) is 41.6 Å². The van der Waals surface area contributed by atoms with E-state index in [1.54, 1.807) is 0 Å². The van der Waals surface area contributed by atoms with E-state index in [9.17, 15) is 0 Å². The van der Waals surface area contributed by atoms with Crippen LogP contribution in [0.4, 0.5) is 0 Å². The van der Waals surface area contributed by atoms with Crippen LogP contribution in [0.5, 0.6) is 0 Å². The lowest BCUT2D eigenvalue weighted by Crippen LogP contribution is -2.49. The van der Waals surface area contributed by atoms with Crippen molar-refractivity contribution in [2.24, 2.45) is 16.6 Å². The predicted molar refractivity (Wildman–Crippen MR) is 59.2 cm³/mol. The molecule has 0 aromatic heterocycles. The summed E-state index contributed by atoms with van der Waals surface area (Å²) in [6.07, 6.45) is 5.05. The third kappa shape index (κ3) is 2.02. The summed E-state index contributed by atoms with van der Waals surface area (Å²) in [6, 6.07) is 1.10. The van der Waals surface area contributed by atoms with Gasteiger partial charge in [-0.05, 0) is 38.5 Å². The lowest BCUT2D eigenvalue weighted by atomic mass is 9.92. The van der Waals surface area contributed by atoms with Crippen LogP contribution in [0.1, 0.15) is 39.5 Å². The number of rotatable bonds is 1. The molecular weight excluding hydrogens is 174 g/mol. The van der Waals surface area contributed by atoms with Gasteiger partial charge in [-0.25, -0.2) is 4.99 Å². The molecule has 2 rings (SSSR count). The first-order valence-corrected chi connectivity index (χ1v) is 5.78. The van der Waals surface area contributed by atoms with Crippen molar-refractivity contribution in [2.45, 2.75) is 51.6 Å². The molecule has 1 aliphatic carbocycles. The van der Waals surface area contributed by atoms with Crippen LogP contribution < -0.4 is 5.73 Å². The maximum absolute atomic E-state index is 6.02. The Hall–Kier alpha value is -0.730. The molecule has 0 spiro atoms. The minimum atomic E-state index is 0.541. The van der Waals surface area contributed by atoms with Gasteiger partial charge >= 0.3 is 0 Å². The molecule has 1 saturated heterocycles. The SMILES string of the molecule is CC1CCCN(C(N)=NC2CC2)C1C. The van der Waals surface area contributed by atoms with Gasteiger partial charge in [-0.15, -0.1) is 0 Å². The molecule has 14 heavy (non-hydrogen) atoms. The van der Waals surface area contributed by atoms with Crippen molar-refractivity contribution in [3.63, 3.8) is 0 Å². The fourth-order valence-corrected chi connectivity index (χ4v) is 2.12.